The Labute approximate surface area is 153 Å². The quantitative estimate of drug-likeness (QED) is 0.826. The monoisotopic (exact) mass is 362 g/mol. The van der Waals surface area contributed by atoms with Gasteiger partial charge in [0.1, 0.15) is 18.2 Å². The van der Waals surface area contributed by atoms with Crippen molar-refractivity contribution in [2.45, 2.75) is 45.9 Å². The fraction of sp³-hybridized carbons (Fsp3) is 0.526. The van der Waals surface area contributed by atoms with Crippen molar-refractivity contribution in [3.05, 3.63) is 35.9 Å². The minimum Gasteiger partial charge on any atom is -0.445 e. The molecule has 26 heavy (non-hydrogen) atoms. The lowest BCUT2D eigenvalue weighted by Gasteiger charge is -2.40. The van der Waals surface area contributed by atoms with E-state index in [1.807, 2.05) is 30.3 Å². The molecule has 7 heteroatoms. The number of carbonyl (C=O) groups excluding carboxylic acids is 3. The summed E-state index contributed by atoms with van der Waals surface area (Å²) < 4.78 is 10.7. The highest BCUT2D eigenvalue weighted by atomic mass is 16.6. The molecule has 0 saturated carbocycles. The van der Waals surface area contributed by atoms with Crippen molar-refractivity contribution in [3.8, 4) is 0 Å². The number of rotatable bonds is 3. The second-order valence-electron chi connectivity index (χ2n) is 7.29. The molecule has 0 spiro atoms. The fourth-order valence-electron chi connectivity index (χ4n) is 2.65. The van der Waals surface area contributed by atoms with Gasteiger partial charge in [0, 0.05) is 13.1 Å². The number of amides is 2. The average molecular weight is 362 g/mol. The van der Waals surface area contributed by atoms with Crippen LogP contribution in [0.3, 0.4) is 0 Å². The van der Waals surface area contributed by atoms with E-state index in [-0.39, 0.29) is 32.0 Å². The Bertz CT molecular complexity index is 654. The minimum absolute atomic E-state index is 0.0994. The van der Waals surface area contributed by atoms with Crippen LogP contribution in [0.4, 0.5) is 9.59 Å². The Morgan fingerprint density at radius 2 is 1.73 bits per heavy atom. The summed E-state index contributed by atoms with van der Waals surface area (Å²) in [4.78, 5) is 39.5. The Morgan fingerprint density at radius 3 is 2.31 bits per heavy atom. The molecule has 1 aromatic rings. The molecule has 0 radical (unpaired) electrons. The molecule has 1 heterocycles. The largest absolute Gasteiger partial charge is 0.445 e. The van der Waals surface area contributed by atoms with E-state index < -0.39 is 23.8 Å². The lowest BCUT2D eigenvalue weighted by Crippen LogP contribution is -2.59. The molecule has 0 aliphatic carbocycles. The average Bonchev–Trinajstić information content (AvgIpc) is 2.58. The number of Topliss-reactive ketones (excluding diaryl/α,β-unsaturated/α-hetero) is 1. The van der Waals surface area contributed by atoms with Crippen LogP contribution in [0.1, 0.15) is 33.3 Å². The first-order valence-corrected chi connectivity index (χ1v) is 8.63. The van der Waals surface area contributed by atoms with Crippen molar-refractivity contribution < 1.29 is 23.9 Å². The molecule has 2 rings (SSSR count). The van der Waals surface area contributed by atoms with Crippen LogP contribution < -0.4 is 0 Å². The maximum atomic E-state index is 12.3. The number of carbonyl (C=O) groups is 3. The number of hydrogen-bond acceptors (Lipinski definition) is 5. The number of benzene rings is 1. The van der Waals surface area contributed by atoms with Crippen LogP contribution in [0.2, 0.25) is 0 Å². The van der Waals surface area contributed by atoms with Gasteiger partial charge in [0.2, 0.25) is 0 Å². The van der Waals surface area contributed by atoms with E-state index in [4.69, 9.17) is 9.47 Å². The summed E-state index contributed by atoms with van der Waals surface area (Å²) in [7, 11) is 0. The van der Waals surface area contributed by atoms with Crippen LogP contribution in [0.25, 0.3) is 0 Å². The van der Waals surface area contributed by atoms with Gasteiger partial charge in [-0.2, -0.15) is 0 Å². The molecule has 1 aliphatic heterocycles. The van der Waals surface area contributed by atoms with E-state index in [0.717, 1.165) is 5.56 Å². The van der Waals surface area contributed by atoms with Crippen molar-refractivity contribution in [1.29, 1.82) is 0 Å². The summed E-state index contributed by atoms with van der Waals surface area (Å²) in [6.07, 6.45) is -1.04. The highest BCUT2D eigenvalue weighted by Gasteiger charge is 2.37. The van der Waals surface area contributed by atoms with E-state index in [1.54, 1.807) is 20.8 Å². The smallest absolute Gasteiger partial charge is 0.411 e. The van der Waals surface area contributed by atoms with Gasteiger partial charge >= 0.3 is 12.2 Å². The van der Waals surface area contributed by atoms with Crippen molar-refractivity contribution in [3.63, 3.8) is 0 Å². The molecule has 1 aliphatic rings. The summed E-state index contributed by atoms with van der Waals surface area (Å²) in [5.41, 5.74) is 0.237. The fourth-order valence-corrected chi connectivity index (χ4v) is 2.65. The molecule has 142 valence electrons. The Balaban J connectivity index is 1.96. The summed E-state index contributed by atoms with van der Waals surface area (Å²) in [5, 5.41) is 0. The van der Waals surface area contributed by atoms with Gasteiger partial charge in [0.25, 0.3) is 0 Å². The normalized spacial score (nSPS) is 17.6. The number of piperazine rings is 1. The maximum Gasteiger partial charge on any atom is 0.411 e. The molecule has 0 N–H and O–H groups in total. The molecular weight excluding hydrogens is 336 g/mol. The van der Waals surface area contributed by atoms with Gasteiger partial charge < -0.3 is 14.4 Å². The molecule has 2 amide bonds. The van der Waals surface area contributed by atoms with Gasteiger partial charge in [-0.25, -0.2) is 9.59 Å². The van der Waals surface area contributed by atoms with Crippen molar-refractivity contribution in [1.82, 2.24) is 9.80 Å². The molecule has 1 fully saturated rings. The van der Waals surface area contributed by atoms with Crippen LogP contribution in [0.5, 0.6) is 0 Å². The Morgan fingerprint density at radius 1 is 1.08 bits per heavy atom. The standard InChI is InChI=1S/C19H26N2O5/c1-14(22)16-12-20(10-11-21(16)18(24)26-19(2,3)4)17(23)25-13-15-8-6-5-7-9-15/h5-9,16H,10-13H2,1-4H3/t16-/m1/s1. The third kappa shape index (κ3) is 5.47. The minimum atomic E-state index is -0.733. The van der Waals surface area contributed by atoms with E-state index in [0.29, 0.717) is 0 Å². The predicted molar refractivity (Wildman–Crippen MR) is 95.6 cm³/mol. The number of hydrogen-bond donors (Lipinski definition) is 0. The van der Waals surface area contributed by atoms with Crippen LogP contribution in [0.15, 0.2) is 30.3 Å². The zero-order valence-electron chi connectivity index (χ0n) is 15.7. The van der Waals surface area contributed by atoms with Gasteiger partial charge in [0.15, 0.2) is 5.78 Å². The van der Waals surface area contributed by atoms with Crippen molar-refractivity contribution >= 4 is 18.0 Å². The van der Waals surface area contributed by atoms with Gasteiger partial charge in [-0.1, -0.05) is 30.3 Å². The van der Waals surface area contributed by atoms with Crippen molar-refractivity contribution in [2.24, 2.45) is 0 Å². The summed E-state index contributed by atoms with van der Waals surface area (Å²) in [5.74, 6) is -0.198. The topological polar surface area (TPSA) is 76.2 Å². The Hall–Kier alpha value is -2.57. The zero-order chi connectivity index (χ0) is 19.3. The second kappa shape index (κ2) is 8.21. The van der Waals surface area contributed by atoms with Crippen LogP contribution >= 0.6 is 0 Å². The first kappa shape index (κ1) is 19.8. The predicted octanol–water partition coefficient (Wildman–Crippen LogP) is 2.83. The van der Waals surface area contributed by atoms with Crippen LogP contribution in [0, 0.1) is 0 Å². The zero-order valence-corrected chi connectivity index (χ0v) is 15.7. The van der Waals surface area contributed by atoms with Gasteiger partial charge in [0.05, 0.1) is 6.54 Å². The van der Waals surface area contributed by atoms with Gasteiger partial charge in [-0.15, -0.1) is 0 Å². The first-order chi connectivity index (χ1) is 12.2. The SMILES string of the molecule is CC(=O)[C@H]1CN(C(=O)OCc2ccccc2)CCN1C(=O)OC(C)(C)C. The highest BCUT2D eigenvalue weighted by Crippen LogP contribution is 2.17. The third-order valence-electron chi connectivity index (χ3n) is 3.94. The second-order valence-corrected chi connectivity index (χ2v) is 7.29. The summed E-state index contributed by atoms with van der Waals surface area (Å²) >= 11 is 0. The molecule has 7 nitrogen and oxygen atoms in total. The maximum absolute atomic E-state index is 12.3. The van der Waals surface area contributed by atoms with Crippen LogP contribution in [-0.4, -0.2) is 59.0 Å². The van der Waals surface area contributed by atoms with Gasteiger partial charge in [-0.05, 0) is 33.3 Å². The molecule has 0 unspecified atom stereocenters. The molecule has 1 aromatic carbocycles. The molecule has 0 aromatic heterocycles. The lowest BCUT2D eigenvalue weighted by atomic mass is 10.1. The first-order valence-electron chi connectivity index (χ1n) is 8.63. The van der Waals surface area contributed by atoms with Crippen molar-refractivity contribution in [2.75, 3.05) is 19.6 Å². The number of nitrogens with zero attached hydrogens (tertiary/aromatic N) is 2. The third-order valence-corrected chi connectivity index (χ3v) is 3.94. The van der Waals surface area contributed by atoms with E-state index >= 15 is 0 Å². The highest BCUT2D eigenvalue weighted by molar-refractivity contribution is 5.86. The number of ether oxygens (including phenoxy) is 2. The number of ketones is 1. The Kier molecular flexibility index (Phi) is 6.23. The molecule has 1 saturated heterocycles. The summed E-state index contributed by atoms with van der Waals surface area (Å²) in [6.45, 7) is 7.48. The van der Waals surface area contributed by atoms with E-state index in [9.17, 15) is 14.4 Å². The van der Waals surface area contributed by atoms with Crippen LogP contribution in [-0.2, 0) is 20.9 Å². The molecule has 1 atom stereocenters. The van der Waals surface area contributed by atoms with Gasteiger partial charge in [-0.3, -0.25) is 9.69 Å². The lowest BCUT2D eigenvalue weighted by molar-refractivity contribution is -0.124. The molecule has 0 bridgehead atoms. The molecular formula is C19H26N2O5. The van der Waals surface area contributed by atoms with E-state index in [2.05, 4.69) is 0 Å². The summed E-state index contributed by atoms with van der Waals surface area (Å²) in [6, 6.07) is 8.63. The van der Waals surface area contributed by atoms with E-state index in [1.165, 1.54) is 16.7 Å².